The number of hydrogen-bond acceptors (Lipinski definition) is 3. The monoisotopic (exact) mass is 343 g/mol. The van der Waals surface area contributed by atoms with Crippen LogP contribution in [-0.2, 0) is 0 Å². The molecule has 128 valence electrons. The molecule has 26 heavy (non-hydrogen) atoms. The Balaban J connectivity index is 1.78. The van der Waals surface area contributed by atoms with Crippen LogP contribution in [0.25, 0.3) is 21.9 Å². The second kappa shape index (κ2) is 6.15. The Kier molecular flexibility index (Phi) is 3.81. The van der Waals surface area contributed by atoms with Crippen LogP contribution in [-0.4, -0.2) is 5.91 Å². The number of carbonyl (C=O) groups is 1. The number of amides is 1. The molecule has 1 heterocycles. The molecule has 0 aliphatic rings. The number of carbonyl (C=O) groups excluding carboxylic acids is 1. The fourth-order valence-electron chi connectivity index (χ4n) is 3.08. The molecule has 0 radical (unpaired) electrons. The summed E-state index contributed by atoms with van der Waals surface area (Å²) < 4.78 is 5.95. The van der Waals surface area contributed by atoms with Crippen LogP contribution in [0.4, 0.5) is 5.69 Å². The summed E-state index contributed by atoms with van der Waals surface area (Å²) in [5, 5.41) is 3.92. The van der Waals surface area contributed by atoms with Crippen molar-refractivity contribution < 1.29 is 9.21 Å². The van der Waals surface area contributed by atoms with Crippen molar-refractivity contribution in [2.75, 3.05) is 5.32 Å². The molecule has 0 unspecified atom stereocenters. The predicted molar refractivity (Wildman–Crippen MR) is 104 cm³/mol. The Labute approximate surface area is 150 Å². The first kappa shape index (κ1) is 16.1. The number of nitrogens with one attached hydrogen (secondary N) is 1. The SMILES string of the molecule is Cc1cccc(C(=O)Nc2ccc3c(=O)c4cccc(C)c4oc3c2)c1. The van der Waals surface area contributed by atoms with Crippen molar-refractivity contribution in [3.63, 3.8) is 0 Å². The van der Waals surface area contributed by atoms with Crippen molar-refractivity contribution in [2.24, 2.45) is 0 Å². The van der Waals surface area contributed by atoms with Crippen LogP contribution >= 0.6 is 0 Å². The second-order valence-corrected chi connectivity index (χ2v) is 6.42. The van der Waals surface area contributed by atoms with Gasteiger partial charge >= 0.3 is 0 Å². The number of hydrogen-bond donors (Lipinski definition) is 1. The van der Waals surface area contributed by atoms with Gasteiger partial charge in [0.05, 0.1) is 10.8 Å². The number of para-hydroxylation sites is 1. The molecule has 0 fully saturated rings. The Bertz CT molecular complexity index is 1220. The number of anilines is 1. The van der Waals surface area contributed by atoms with Crippen LogP contribution in [0.5, 0.6) is 0 Å². The van der Waals surface area contributed by atoms with E-state index in [0.29, 0.717) is 33.2 Å². The highest BCUT2D eigenvalue weighted by atomic mass is 16.3. The smallest absolute Gasteiger partial charge is 0.255 e. The molecule has 0 bridgehead atoms. The second-order valence-electron chi connectivity index (χ2n) is 6.42. The molecular weight excluding hydrogens is 326 g/mol. The summed E-state index contributed by atoms with van der Waals surface area (Å²) in [4.78, 5) is 25.1. The Morgan fingerprint density at radius 3 is 2.54 bits per heavy atom. The number of rotatable bonds is 2. The summed E-state index contributed by atoms with van der Waals surface area (Å²) in [6.45, 7) is 3.84. The lowest BCUT2D eigenvalue weighted by molar-refractivity contribution is 0.102. The molecule has 4 aromatic rings. The summed E-state index contributed by atoms with van der Waals surface area (Å²) in [7, 11) is 0. The zero-order valence-electron chi connectivity index (χ0n) is 14.5. The summed E-state index contributed by atoms with van der Waals surface area (Å²) in [6.07, 6.45) is 0. The first-order valence-corrected chi connectivity index (χ1v) is 8.37. The zero-order valence-corrected chi connectivity index (χ0v) is 14.5. The molecule has 1 amide bonds. The van der Waals surface area contributed by atoms with Gasteiger partial charge in [0.15, 0.2) is 0 Å². The largest absolute Gasteiger partial charge is 0.455 e. The van der Waals surface area contributed by atoms with Crippen molar-refractivity contribution in [1.29, 1.82) is 0 Å². The summed E-state index contributed by atoms with van der Waals surface area (Å²) in [5.41, 5.74) is 4.05. The lowest BCUT2D eigenvalue weighted by atomic mass is 10.1. The van der Waals surface area contributed by atoms with Crippen LogP contribution in [0.2, 0.25) is 0 Å². The number of benzene rings is 3. The third kappa shape index (κ3) is 2.75. The summed E-state index contributed by atoms with van der Waals surface area (Å²) in [5.74, 6) is -0.202. The zero-order chi connectivity index (χ0) is 18.3. The van der Waals surface area contributed by atoms with E-state index < -0.39 is 0 Å². The van der Waals surface area contributed by atoms with Crippen molar-refractivity contribution in [2.45, 2.75) is 13.8 Å². The van der Waals surface area contributed by atoms with Crippen molar-refractivity contribution in [3.05, 3.63) is 87.6 Å². The minimum absolute atomic E-state index is 0.0680. The van der Waals surface area contributed by atoms with Gasteiger partial charge in [-0.15, -0.1) is 0 Å². The maximum atomic E-state index is 12.7. The van der Waals surface area contributed by atoms with Gasteiger partial charge in [-0.3, -0.25) is 9.59 Å². The van der Waals surface area contributed by atoms with Gasteiger partial charge in [-0.05, 0) is 49.7 Å². The average Bonchev–Trinajstić information content (AvgIpc) is 2.63. The van der Waals surface area contributed by atoms with Gasteiger partial charge in [-0.2, -0.15) is 0 Å². The lowest BCUT2D eigenvalue weighted by Crippen LogP contribution is -2.12. The van der Waals surface area contributed by atoms with E-state index in [1.54, 1.807) is 30.3 Å². The number of aryl methyl sites for hydroxylation is 2. The van der Waals surface area contributed by atoms with Gasteiger partial charge in [-0.25, -0.2) is 0 Å². The standard InChI is InChI=1S/C22H17NO3/c1-13-5-3-7-15(11-13)22(25)23-16-9-10-17-19(12-16)26-21-14(2)6-4-8-18(21)20(17)24/h3-12H,1-2H3,(H,23,25). The maximum Gasteiger partial charge on any atom is 0.255 e. The van der Waals surface area contributed by atoms with Gasteiger partial charge in [0, 0.05) is 17.3 Å². The average molecular weight is 343 g/mol. The van der Waals surface area contributed by atoms with E-state index in [1.165, 1.54) is 0 Å². The first-order chi connectivity index (χ1) is 12.5. The quantitative estimate of drug-likeness (QED) is 0.531. The topological polar surface area (TPSA) is 59.3 Å². The van der Waals surface area contributed by atoms with Gasteiger partial charge < -0.3 is 9.73 Å². The normalized spacial score (nSPS) is 11.0. The van der Waals surface area contributed by atoms with E-state index >= 15 is 0 Å². The molecule has 0 aliphatic carbocycles. The maximum absolute atomic E-state index is 12.7. The third-order valence-electron chi connectivity index (χ3n) is 4.43. The fourth-order valence-corrected chi connectivity index (χ4v) is 3.08. The van der Waals surface area contributed by atoms with Gasteiger partial charge in [0.1, 0.15) is 11.2 Å². The van der Waals surface area contributed by atoms with Gasteiger partial charge in [0.25, 0.3) is 5.91 Å². The molecular formula is C22H17NO3. The Morgan fingerprint density at radius 1 is 0.923 bits per heavy atom. The van der Waals surface area contributed by atoms with E-state index in [1.807, 2.05) is 44.2 Å². The van der Waals surface area contributed by atoms with E-state index in [9.17, 15) is 9.59 Å². The van der Waals surface area contributed by atoms with Crippen LogP contribution in [0.1, 0.15) is 21.5 Å². The van der Waals surface area contributed by atoms with Crippen LogP contribution in [0.3, 0.4) is 0 Å². The number of fused-ring (bicyclic) bond motifs is 2. The van der Waals surface area contributed by atoms with Gasteiger partial charge in [0.2, 0.25) is 5.43 Å². The lowest BCUT2D eigenvalue weighted by Gasteiger charge is -2.08. The summed E-state index contributed by atoms with van der Waals surface area (Å²) >= 11 is 0. The first-order valence-electron chi connectivity index (χ1n) is 8.37. The van der Waals surface area contributed by atoms with E-state index in [4.69, 9.17) is 4.42 Å². The molecule has 1 aromatic heterocycles. The third-order valence-corrected chi connectivity index (χ3v) is 4.43. The molecule has 0 spiro atoms. The molecule has 0 saturated carbocycles. The molecule has 1 N–H and O–H groups in total. The van der Waals surface area contributed by atoms with Crippen LogP contribution in [0.15, 0.2) is 69.9 Å². The Hall–Kier alpha value is -3.40. The van der Waals surface area contributed by atoms with Crippen LogP contribution in [0, 0.1) is 13.8 Å². The van der Waals surface area contributed by atoms with Crippen molar-refractivity contribution >= 4 is 33.5 Å². The predicted octanol–water partition coefficient (Wildman–Crippen LogP) is 4.82. The fraction of sp³-hybridized carbons (Fsp3) is 0.0909. The van der Waals surface area contributed by atoms with Crippen molar-refractivity contribution in [1.82, 2.24) is 0 Å². The van der Waals surface area contributed by atoms with E-state index in [-0.39, 0.29) is 11.3 Å². The minimum atomic E-state index is -0.202. The highest BCUT2D eigenvalue weighted by Gasteiger charge is 2.11. The Morgan fingerprint density at radius 2 is 1.73 bits per heavy atom. The van der Waals surface area contributed by atoms with E-state index in [0.717, 1.165) is 11.1 Å². The molecule has 4 nitrogen and oxygen atoms in total. The molecule has 4 heteroatoms. The molecule has 0 saturated heterocycles. The minimum Gasteiger partial charge on any atom is -0.455 e. The van der Waals surface area contributed by atoms with E-state index in [2.05, 4.69) is 5.32 Å². The molecule has 0 aliphatic heterocycles. The summed E-state index contributed by atoms with van der Waals surface area (Å²) in [6, 6.07) is 18.0. The van der Waals surface area contributed by atoms with Gasteiger partial charge in [-0.1, -0.05) is 29.8 Å². The van der Waals surface area contributed by atoms with Crippen LogP contribution < -0.4 is 10.7 Å². The highest BCUT2D eigenvalue weighted by molar-refractivity contribution is 6.05. The molecule has 4 rings (SSSR count). The van der Waals surface area contributed by atoms with Crippen molar-refractivity contribution in [3.8, 4) is 0 Å². The molecule has 3 aromatic carbocycles. The molecule has 0 atom stereocenters. The highest BCUT2D eigenvalue weighted by Crippen LogP contribution is 2.24.